The Kier molecular flexibility index (Phi) is 4.86. The second-order valence-corrected chi connectivity index (χ2v) is 8.66. The highest BCUT2D eigenvalue weighted by molar-refractivity contribution is 4.99. The lowest BCUT2D eigenvalue weighted by Crippen LogP contribution is -2.61. The van der Waals surface area contributed by atoms with E-state index in [4.69, 9.17) is 33.2 Å². The quantitative estimate of drug-likeness (QED) is 0.687. The van der Waals surface area contributed by atoms with Crippen molar-refractivity contribution in [2.24, 2.45) is 0 Å². The maximum atomic E-state index is 10.4. The number of aliphatic hydroxyl groups excluding tert-OH is 2. The summed E-state index contributed by atoms with van der Waals surface area (Å²) in [7, 11) is 0. The largest absolute Gasteiger partial charge is 0.388 e. The highest BCUT2D eigenvalue weighted by Crippen LogP contribution is 2.42. The molecule has 0 aromatic rings. The molecule has 4 heterocycles. The third-order valence-electron chi connectivity index (χ3n) is 5.47. The van der Waals surface area contributed by atoms with Gasteiger partial charge in [0.1, 0.15) is 36.6 Å². The zero-order valence-corrected chi connectivity index (χ0v) is 16.5. The molecule has 4 aliphatic rings. The summed E-state index contributed by atoms with van der Waals surface area (Å²) in [6.45, 7) is 10.7. The minimum Gasteiger partial charge on any atom is -0.388 e. The van der Waals surface area contributed by atoms with Crippen LogP contribution in [0.2, 0.25) is 0 Å². The monoisotopic (exact) mass is 390 g/mol. The molecule has 9 heteroatoms. The molecule has 0 bridgehead atoms. The average molecular weight is 390 g/mol. The molecule has 10 atom stereocenters. The Morgan fingerprint density at radius 2 is 1.26 bits per heavy atom. The standard InChI is InChI=1S/C18H30O9/c1-7-9(19)11-14(27-17(3,4)24-11)16(22-7)23-10-8(2)21-15(20)13-12(10)25-18(5,6)26-13/h7-16,19-20H,1-6H3. The van der Waals surface area contributed by atoms with Crippen molar-refractivity contribution in [2.75, 3.05) is 0 Å². The first-order chi connectivity index (χ1) is 12.5. The van der Waals surface area contributed by atoms with Crippen LogP contribution in [0, 0.1) is 0 Å². The highest BCUT2D eigenvalue weighted by Gasteiger charge is 2.59. The van der Waals surface area contributed by atoms with Crippen molar-refractivity contribution >= 4 is 0 Å². The van der Waals surface area contributed by atoms with Gasteiger partial charge >= 0.3 is 0 Å². The van der Waals surface area contributed by atoms with Gasteiger partial charge in [-0.3, -0.25) is 0 Å². The Morgan fingerprint density at radius 1 is 0.704 bits per heavy atom. The van der Waals surface area contributed by atoms with Crippen molar-refractivity contribution < 1.29 is 43.4 Å². The van der Waals surface area contributed by atoms with Crippen molar-refractivity contribution in [3.05, 3.63) is 0 Å². The van der Waals surface area contributed by atoms with Crippen LogP contribution >= 0.6 is 0 Å². The lowest BCUT2D eigenvalue weighted by atomic mass is 9.98. The number of aliphatic hydroxyl groups is 2. The Labute approximate surface area is 158 Å². The first kappa shape index (κ1) is 19.9. The molecule has 9 nitrogen and oxygen atoms in total. The van der Waals surface area contributed by atoms with Crippen LogP contribution < -0.4 is 0 Å². The molecule has 156 valence electrons. The molecule has 4 saturated heterocycles. The van der Waals surface area contributed by atoms with Gasteiger partial charge in [-0.15, -0.1) is 0 Å². The van der Waals surface area contributed by atoms with Gasteiger partial charge in [-0.05, 0) is 41.5 Å². The molecule has 0 aromatic carbocycles. The summed E-state index contributed by atoms with van der Waals surface area (Å²) in [5.41, 5.74) is 0. The number of ether oxygens (including phenoxy) is 7. The third kappa shape index (κ3) is 3.54. The molecule has 4 rings (SSSR count). The minimum atomic E-state index is -1.10. The van der Waals surface area contributed by atoms with Gasteiger partial charge in [0.2, 0.25) is 0 Å². The van der Waals surface area contributed by atoms with Gasteiger partial charge in [0.25, 0.3) is 0 Å². The van der Waals surface area contributed by atoms with Crippen molar-refractivity contribution in [1.82, 2.24) is 0 Å². The van der Waals surface area contributed by atoms with Crippen LogP contribution in [0.15, 0.2) is 0 Å². The van der Waals surface area contributed by atoms with E-state index >= 15 is 0 Å². The van der Waals surface area contributed by atoms with Gasteiger partial charge in [0, 0.05) is 0 Å². The maximum Gasteiger partial charge on any atom is 0.187 e. The zero-order chi connectivity index (χ0) is 19.7. The van der Waals surface area contributed by atoms with Crippen LogP contribution in [0.3, 0.4) is 0 Å². The summed E-state index contributed by atoms with van der Waals surface area (Å²) in [6.07, 6.45) is -6.57. The van der Waals surface area contributed by atoms with Crippen LogP contribution in [-0.2, 0) is 33.2 Å². The maximum absolute atomic E-state index is 10.4. The fraction of sp³-hybridized carbons (Fsp3) is 1.00. The van der Waals surface area contributed by atoms with Crippen LogP contribution in [0.4, 0.5) is 0 Å². The summed E-state index contributed by atoms with van der Waals surface area (Å²) in [4.78, 5) is 0. The molecule has 2 N–H and O–H groups in total. The van der Waals surface area contributed by atoms with Gasteiger partial charge < -0.3 is 43.4 Å². The molecule has 0 radical (unpaired) electrons. The molecule has 4 aliphatic heterocycles. The first-order valence-corrected chi connectivity index (χ1v) is 9.51. The number of hydrogen-bond donors (Lipinski definition) is 2. The summed E-state index contributed by atoms with van der Waals surface area (Å²) in [6, 6.07) is 0. The molecule has 27 heavy (non-hydrogen) atoms. The summed E-state index contributed by atoms with van der Waals surface area (Å²) >= 11 is 0. The molecule has 0 amide bonds. The fourth-order valence-corrected chi connectivity index (χ4v) is 4.31. The van der Waals surface area contributed by atoms with Crippen molar-refractivity contribution in [2.45, 2.75) is 115 Å². The van der Waals surface area contributed by atoms with E-state index in [9.17, 15) is 10.2 Å². The second kappa shape index (κ2) is 6.58. The lowest BCUT2D eigenvalue weighted by molar-refractivity contribution is -0.328. The predicted octanol–water partition coefficient (Wildman–Crippen LogP) is 0.255. The van der Waals surface area contributed by atoms with Gasteiger partial charge in [-0.1, -0.05) is 0 Å². The summed E-state index contributed by atoms with van der Waals surface area (Å²) < 4.78 is 41.3. The number of fused-ring (bicyclic) bond motifs is 2. The molecule has 0 spiro atoms. The van der Waals surface area contributed by atoms with Gasteiger partial charge in [-0.25, -0.2) is 0 Å². The normalized spacial score (nSPS) is 53.8. The zero-order valence-electron chi connectivity index (χ0n) is 16.5. The average Bonchev–Trinajstić information content (AvgIpc) is 3.04. The Bertz CT molecular complexity index is 567. The van der Waals surface area contributed by atoms with E-state index in [0.717, 1.165) is 0 Å². The number of hydrogen-bond acceptors (Lipinski definition) is 9. The molecular formula is C18H30O9. The smallest absolute Gasteiger partial charge is 0.187 e. The topological polar surface area (TPSA) is 105 Å². The lowest BCUT2D eigenvalue weighted by Gasteiger charge is -2.44. The fourth-order valence-electron chi connectivity index (χ4n) is 4.31. The van der Waals surface area contributed by atoms with Crippen LogP contribution in [0.25, 0.3) is 0 Å². The van der Waals surface area contributed by atoms with Crippen LogP contribution in [0.5, 0.6) is 0 Å². The van der Waals surface area contributed by atoms with Gasteiger partial charge in [0.05, 0.1) is 12.2 Å². The molecule has 0 aliphatic carbocycles. The van der Waals surface area contributed by atoms with E-state index in [1.165, 1.54) is 0 Å². The Hall–Kier alpha value is -0.360. The van der Waals surface area contributed by atoms with Gasteiger partial charge in [-0.2, -0.15) is 0 Å². The summed E-state index contributed by atoms with van der Waals surface area (Å²) in [5, 5.41) is 20.6. The highest BCUT2D eigenvalue weighted by atomic mass is 16.8. The first-order valence-electron chi connectivity index (χ1n) is 9.51. The molecule has 0 aromatic heterocycles. The van der Waals surface area contributed by atoms with E-state index in [-0.39, 0.29) is 0 Å². The van der Waals surface area contributed by atoms with Gasteiger partial charge in [0.15, 0.2) is 24.2 Å². The van der Waals surface area contributed by atoms with E-state index < -0.39 is 73.0 Å². The molecular weight excluding hydrogens is 360 g/mol. The molecule has 4 fully saturated rings. The molecule has 0 saturated carbocycles. The third-order valence-corrected chi connectivity index (χ3v) is 5.47. The van der Waals surface area contributed by atoms with Crippen LogP contribution in [0.1, 0.15) is 41.5 Å². The van der Waals surface area contributed by atoms with E-state index in [2.05, 4.69) is 0 Å². The van der Waals surface area contributed by atoms with Crippen molar-refractivity contribution in [3.8, 4) is 0 Å². The van der Waals surface area contributed by atoms with Crippen LogP contribution in [-0.4, -0.2) is 83.2 Å². The van der Waals surface area contributed by atoms with E-state index in [0.29, 0.717) is 0 Å². The summed E-state index contributed by atoms with van der Waals surface area (Å²) in [5.74, 6) is -1.71. The van der Waals surface area contributed by atoms with Crippen molar-refractivity contribution in [3.63, 3.8) is 0 Å². The minimum absolute atomic E-state index is 0.460. The second-order valence-electron chi connectivity index (χ2n) is 8.66. The van der Waals surface area contributed by atoms with Crippen molar-refractivity contribution in [1.29, 1.82) is 0 Å². The SMILES string of the molecule is CC1OC(OC2C(C)OC(O)C3OC(C)(C)OC23)C2OC(C)(C)OC2C1O. The van der Waals surface area contributed by atoms with E-state index in [1.54, 1.807) is 41.5 Å². The number of rotatable bonds is 2. The predicted molar refractivity (Wildman–Crippen MR) is 89.4 cm³/mol. The Morgan fingerprint density at radius 3 is 1.93 bits per heavy atom. The van der Waals surface area contributed by atoms with E-state index in [1.807, 2.05) is 0 Å². The Balaban J connectivity index is 1.55. The molecule has 10 unspecified atom stereocenters.